The van der Waals surface area contributed by atoms with Crippen molar-refractivity contribution >= 4 is 26.7 Å². The van der Waals surface area contributed by atoms with Gasteiger partial charge in [0.2, 0.25) is 0 Å². The van der Waals surface area contributed by atoms with Crippen molar-refractivity contribution in [2.24, 2.45) is 5.41 Å². The van der Waals surface area contributed by atoms with Crippen LogP contribution in [0.5, 0.6) is 11.5 Å². The molecule has 0 fully saturated rings. The standard InChI is InChI=1S/C36H37F2N3O6S/c1-22-18-40-41-32(24-6-4-5-23(15-24)7-10-33(42)43)19-46-20-36(2,3)21-48(44,45)14-12-27-26-11-13-39-31(26)17-30(38)35(27)47-25-8-9-29(37)28(16-25)34(22)41/h4-6,8-9,11,13,15-18,32,39H,7,10,12,14,19-21H2,1-3H3,(H,42,43). The van der Waals surface area contributed by atoms with Gasteiger partial charge in [-0.15, -0.1) is 0 Å². The molecule has 0 radical (unpaired) electrons. The molecule has 12 heteroatoms. The van der Waals surface area contributed by atoms with E-state index >= 15 is 8.78 Å². The van der Waals surface area contributed by atoms with Gasteiger partial charge in [0.1, 0.15) is 17.6 Å². The van der Waals surface area contributed by atoms with Crippen LogP contribution in [0.3, 0.4) is 0 Å². The number of aryl methyl sites for hydroxylation is 3. The van der Waals surface area contributed by atoms with E-state index < -0.39 is 38.9 Å². The summed E-state index contributed by atoms with van der Waals surface area (Å²) in [5, 5.41) is 14.5. The van der Waals surface area contributed by atoms with E-state index in [1.165, 1.54) is 24.3 Å². The Labute approximate surface area is 277 Å². The molecule has 2 aromatic heterocycles. The Balaban J connectivity index is 1.51. The monoisotopic (exact) mass is 677 g/mol. The van der Waals surface area contributed by atoms with Crippen LogP contribution in [0.2, 0.25) is 0 Å². The van der Waals surface area contributed by atoms with Crippen LogP contribution in [0, 0.1) is 24.0 Å². The first-order chi connectivity index (χ1) is 22.8. The Hall–Kier alpha value is -4.55. The van der Waals surface area contributed by atoms with Crippen molar-refractivity contribution in [3.63, 3.8) is 0 Å². The van der Waals surface area contributed by atoms with E-state index in [2.05, 4.69) is 10.1 Å². The van der Waals surface area contributed by atoms with E-state index in [0.29, 0.717) is 34.1 Å². The molecule has 2 N–H and O–H groups in total. The fourth-order valence-corrected chi connectivity index (χ4v) is 8.33. The first kappa shape index (κ1) is 33.4. The normalized spacial score (nSPS) is 18.0. The van der Waals surface area contributed by atoms with Crippen LogP contribution in [0.1, 0.15) is 48.6 Å². The number of nitrogens with zero attached hydrogens (tertiary/aromatic N) is 2. The number of carbonyl (C=O) groups is 1. The Morgan fingerprint density at radius 1 is 1.12 bits per heavy atom. The third-order valence-corrected chi connectivity index (χ3v) is 10.6. The summed E-state index contributed by atoms with van der Waals surface area (Å²) in [5.41, 5.74) is 2.96. The quantitative estimate of drug-likeness (QED) is 0.209. The van der Waals surface area contributed by atoms with E-state index in [0.717, 1.165) is 11.1 Å². The highest BCUT2D eigenvalue weighted by molar-refractivity contribution is 7.91. The highest BCUT2D eigenvalue weighted by Crippen LogP contribution is 2.39. The van der Waals surface area contributed by atoms with Gasteiger partial charge >= 0.3 is 5.97 Å². The minimum Gasteiger partial charge on any atom is -0.481 e. The number of aromatic nitrogens is 3. The molecule has 3 heterocycles. The fourth-order valence-electron chi connectivity index (χ4n) is 6.40. The Morgan fingerprint density at radius 3 is 2.73 bits per heavy atom. The molecule has 252 valence electrons. The Morgan fingerprint density at radius 2 is 1.94 bits per heavy atom. The van der Waals surface area contributed by atoms with Gasteiger partial charge in [0, 0.05) is 46.1 Å². The van der Waals surface area contributed by atoms with Crippen molar-refractivity contribution < 1.29 is 36.6 Å². The van der Waals surface area contributed by atoms with Gasteiger partial charge in [0.25, 0.3) is 0 Å². The maximum absolute atomic E-state index is 15.8. The molecule has 0 aliphatic carbocycles. The van der Waals surface area contributed by atoms with Gasteiger partial charge in [0.15, 0.2) is 21.4 Å². The summed E-state index contributed by atoms with van der Waals surface area (Å²) in [7, 11) is -3.64. The van der Waals surface area contributed by atoms with E-state index in [1.807, 2.05) is 38.1 Å². The molecule has 1 aliphatic rings. The van der Waals surface area contributed by atoms with Crippen LogP contribution in [-0.2, 0) is 32.2 Å². The van der Waals surface area contributed by atoms with Crippen LogP contribution in [0.15, 0.2) is 67.0 Å². The summed E-state index contributed by atoms with van der Waals surface area (Å²) < 4.78 is 72.5. The Bertz CT molecular complexity index is 2100. The highest BCUT2D eigenvalue weighted by Gasteiger charge is 2.30. The third-order valence-electron chi connectivity index (χ3n) is 8.56. The number of fused-ring (bicyclic) bond motifs is 7. The minimum atomic E-state index is -3.64. The summed E-state index contributed by atoms with van der Waals surface area (Å²) in [5.74, 6) is -2.52. The molecule has 1 atom stereocenters. The topological polar surface area (TPSA) is 124 Å². The Kier molecular flexibility index (Phi) is 9.14. The van der Waals surface area contributed by atoms with Crippen LogP contribution < -0.4 is 4.74 Å². The molecule has 9 nitrogen and oxygen atoms in total. The number of carboxylic acids is 1. The molecule has 0 amide bonds. The fraction of sp³-hybridized carbons (Fsp3) is 0.333. The average Bonchev–Trinajstić information content (AvgIpc) is 3.64. The molecule has 0 spiro atoms. The summed E-state index contributed by atoms with van der Waals surface area (Å²) in [4.78, 5) is 14.3. The summed E-state index contributed by atoms with van der Waals surface area (Å²) in [6, 6.07) is 14.0. The number of benzene rings is 3. The number of sulfone groups is 1. The number of carboxylic acid groups (broad SMARTS) is 1. The zero-order chi connectivity index (χ0) is 34.2. The predicted octanol–water partition coefficient (Wildman–Crippen LogP) is 7.03. The van der Waals surface area contributed by atoms with E-state index in [9.17, 15) is 18.3 Å². The molecule has 0 saturated carbocycles. The zero-order valence-electron chi connectivity index (χ0n) is 26.9. The van der Waals surface area contributed by atoms with Gasteiger partial charge in [0.05, 0.1) is 36.6 Å². The molecule has 5 aromatic rings. The summed E-state index contributed by atoms with van der Waals surface area (Å²) >= 11 is 0. The lowest BCUT2D eigenvalue weighted by Crippen LogP contribution is -2.32. The third kappa shape index (κ3) is 7.14. The predicted molar refractivity (Wildman–Crippen MR) is 178 cm³/mol. The number of nitrogens with one attached hydrogen (secondary N) is 1. The van der Waals surface area contributed by atoms with Crippen molar-refractivity contribution in [1.29, 1.82) is 0 Å². The SMILES string of the molecule is Cc1cnn2c1-c1cc(ccc1F)Oc1c(F)cc3[nH]ccc3c1CCS(=O)(=O)CC(C)(C)COCC2c1cccc(CCC(=O)O)c1. The number of H-pyrrole nitrogens is 1. The van der Waals surface area contributed by atoms with Gasteiger partial charge in [-0.2, -0.15) is 5.10 Å². The number of aromatic amines is 1. The number of halogens is 2. The number of ether oxygens (including phenoxy) is 2. The first-order valence-corrected chi connectivity index (χ1v) is 17.5. The van der Waals surface area contributed by atoms with E-state index in [4.69, 9.17) is 9.47 Å². The van der Waals surface area contributed by atoms with Crippen LogP contribution in [0.25, 0.3) is 22.2 Å². The van der Waals surface area contributed by atoms with Crippen molar-refractivity contribution in [3.8, 4) is 22.8 Å². The van der Waals surface area contributed by atoms with E-state index in [1.54, 1.807) is 30.1 Å². The number of hydrogen-bond donors (Lipinski definition) is 2. The smallest absolute Gasteiger partial charge is 0.303 e. The maximum Gasteiger partial charge on any atom is 0.303 e. The second-order valence-electron chi connectivity index (χ2n) is 13.1. The van der Waals surface area contributed by atoms with Gasteiger partial charge < -0.3 is 19.6 Å². The molecule has 0 saturated heterocycles. The molecule has 1 unspecified atom stereocenters. The summed E-state index contributed by atoms with van der Waals surface area (Å²) in [6.07, 6.45) is 3.54. The second-order valence-corrected chi connectivity index (χ2v) is 15.3. The molecule has 3 aromatic carbocycles. The van der Waals surface area contributed by atoms with Crippen molar-refractivity contribution in [2.45, 2.75) is 46.1 Å². The lowest BCUT2D eigenvalue weighted by molar-refractivity contribution is -0.136. The summed E-state index contributed by atoms with van der Waals surface area (Å²) in [6.45, 7) is 5.59. The number of hydrogen-bond acceptors (Lipinski definition) is 6. The molecule has 2 bridgehead atoms. The zero-order valence-corrected chi connectivity index (χ0v) is 27.7. The van der Waals surface area contributed by atoms with Crippen LogP contribution >= 0.6 is 0 Å². The van der Waals surface area contributed by atoms with Gasteiger partial charge in [-0.3, -0.25) is 9.48 Å². The van der Waals surface area contributed by atoms with E-state index in [-0.39, 0.29) is 54.6 Å². The first-order valence-electron chi connectivity index (χ1n) is 15.7. The van der Waals surface area contributed by atoms with Gasteiger partial charge in [-0.05, 0) is 60.7 Å². The van der Waals surface area contributed by atoms with Crippen molar-refractivity contribution in [2.75, 3.05) is 24.7 Å². The average molecular weight is 678 g/mol. The number of aliphatic carboxylic acids is 1. The molecular formula is C36H37F2N3O6S. The molecule has 48 heavy (non-hydrogen) atoms. The second kappa shape index (κ2) is 13.2. The molecule has 1 aliphatic heterocycles. The van der Waals surface area contributed by atoms with Crippen LogP contribution in [0.4, 0.5) is 8.78 Å². The lowest BCUT2D eigenvalue weighted by atomic mass is 9.98. The van der Waals surface area contributed by atoms with Gasteiger partial charge in [-0.25, -0.2) is 17.2 Å². The molecule has 6 rings (SSSR count). The van der Waals surface area contributed by atoms with Crippen molar-refractivity contribution in [3.05, 3.63) is 101 Å². The van der Waals surface area contributed by atoms with Crippen molar-refractivity contribution in [1.82, 2.24) is 14.8 Å². The minimum absolute atomic E-state index is 0.000933. The molecular weight excluding hydrogens is 640 g/mol. The highest BCUT2D eigenvalue weighted by atomic mass is 32.2. The maximum atomic E-state index is 15.8. The van der Waals surface area contributed by atoms with Gasteiger partial charge in [-0.1, -0.05) is 38.1 Å². The lowest BCUT2D eigenvalue weighted by Gasteiger charge is -2.27. The number of rotatable bonds is 4. The van der Waals surface area contributed by atoms with Crippen LogP contribution in [-0.4, -0.2) is 59.0 Å². The largest absolute Gasteiger partial charge is 0.481 e.